The summed E-state index contributed by atoms with van der Waals surface area (Å²) in [6.07, 6.45) is 3.77. The average Bonchev–Trinajstić information content (AvgIpc) is 2.46. The van der Waals surface area contributed by atoms with Crippen LogP contribution in [0.15, 0.2) is 28.7 Å². The van der Waals surface area contributed by atoms with E-state index in [0.29, 0.717) is 12.1 Å². The van der Waals surface area contributed by atoms with E-state index in [1.165, 1.54) is 38.0 Å². The summed E-state index contributed by atoms with van der Waals surface area (Å²) in [6, 6.07) is 9.85. The maximum Gasteiger partial charge on any atom is 0.0320 e. The summed E-state index contributed by atoms with van der Waals surface area (Å²) in [6.45, 7) is 8.16. The van der Waals surface area contributed by atoms with E-state index in [9.17, 15) is 0 Å². The molecular formula is C16H25BrN2. The lowest BCUT2D eigenvalue weighted by Gasteiger charge is -2.34. The molecule has 0 aromatic heterocycles. The van der Waals surface area contributed by atoms with Gasteiger partial charge in [0, 0.05) is 23.1 Å². The average molecular weight is 325 g/mol. The predicted molar refractivity (Wildman–Crippen MR) is 85.4 cm³/mol. The van der Waals surface area contributed by atoms with Crippen molar-refractivity contribution in [3.8, 4) is 0 Å². The molecule has 0 aliphatic carbocycles. The number of nitrogens with one attached hydrogen (secondary N) is 1. The molecule has 0 radical (unpaired) electrons. The molecule has 2 nitrogen and oxygen atoms in total. The Hall–Kier alpha value is -0.380. The van der Waals surface area contributed by atoms with Crippen LogP contribution in [0.25, 0.3) is 0 Å². The number of hydrogen-bond donors (Lipinski definition) is 1. The monoisotopic (exact) mass is 324 g/mol. The highest BCUT2D eigenvalue weighted by Gasteiger charge is 2.21. The van der Waals surface area contributed by atoms with Crippen LogP contribution in [0, 0.1) is 0 Å². The standard InChI is InChI=1S/C16H25BrN2/c1-3-16(13-7-9-14(17)10-8-13)18-15-6-5-11-19(4-2)12-15/h7-10,15-16,18H,3-6,11-12H2,1-2H3. The van der Waals surface area contributed by atoms with E-state index in [1.807, 2.05) is 0 Å². The Kier molecular flexibility index (Phi) is 5.86. The number of nitrogens with zero attached hydrogens (tertiary/aromatic N) is 1. The SMILES string of the molecule is CCC(NC1CCCN(CC)C1)c1ccc(Br)cc1. The number of piperidine rings is 1. The third kappa shape index (κ3) is 4.30. The predicted octanol–water partition coefficient (Wildman–Crippen LogP) is 3.97. The van der Waals surface area contributed by atoms with E-state index in [2.05, 4.69) is 64.3 Å². The lowest BCUT2D eigenvalue weighted by atomic mass is 10.00. The van der Waals surface area contributed by atoms with Crippen LogP contribution in [0.4, 0.5) is 0 Å². The van der Waals surface area contributed by atoms with E-state index in [4.69, 9.17) is 0 Å². The first-order valence-corrected chi connectivity index (χ1v) is 8.26. The van der Waals surface area contributed by atoms with Gasteiger partial charge < -0.3 is 10.2 Å². The number of likely N-dealkylation sites (tertiary alicyclic amines) is 1. The molecular weight excluding hydrogens is 300 g/mol. The number of hydrogen-bond acceptors (Lipinski definition) is 2. The first-order valence-electron chi connectivity index (χ1n) is 7.46. The first-order chi connectivity index (χ1) is 9.22. The molecule has 0 spiro atoms. The molecule has 0 bridgehead atoms. The fourth-order valence-electron chi connectivity index (χ4n) is 2.91. The second-order valence-electron chi connectivity index (χ2n) is 5.41. The van der Waals surface area contributed by atoms with Crippen LogP contribution < -0.4 is 5.32 Å². The van der Waals surface area contributed by atoms with Crippen molar-refractivity contribution in [2.45, 2.75) is 45.2 Å². The molecule has 1 saturated heterocycles. The maximum atomic E-state index is 3.85. The molecule has 1 aliphatic heterocycles. The van der Waals surface area contributed by atoms with Gasteiger partial charge in [0.05, 0.1) is 0 Å². The normalized spacial score (nSPS) is 22.4. The van der Waals surface area contributed by atoms with Gasteiger partial charge >= 0.3 is 0 Å². The molecule has 2 unspecified atom stereocenters. The van der Waals surface area contributed by atoms with Gasteiger partial charge in [-0.2, -0.15) is 0 Å². The highest BCUT2D eigenvalue weighted by Crippen LogP contribution is 2.22. The molecule has 1 N–H and O–H groups in total. The zero-order valence-electron chi connectivity index (χ0n) is 12.0. The summed E-state index contributed by atoms with van der Waals surface area (Å²) >= 11 is 3.51. The Morgan fingerprint density at radius 3 is 2.68 bits per heavy atom. The Labute approximate surface area is 125 Å². The fourth-order valence-corrected chi connectivity index (χ4v) is 3.17. The van der Waals surface area contributed by atoms with Gasteiger partial charge in [-0.05, 0) is 50.0 Å². The van der Waals surface area contributed by atoms with Crippen molar-refractivity contribution < 1.29 is 0 Å². The van der Waals surface area contributed by atoms with Crippen LogP contribution in [-0.2, 0) is 0 Å². The molecule has 19 heavy (non-hydrogen) atoms. The Balaban J connectivity index is 1.96. The van der Waals surface area contributed by atoms with Crippen LogP contribution in [0.5, 0.6) is 0 Å². The molecule has 2 atom stereocenters. The summed E-state index contributed by atoms with van der Waals surface area (Å²) in [7, 11) is 0. The third-order valence-electron chi connectivity index (χ3n) is 4.07. The van der Waals surface area contributed by atoms with Gasteiger partial charge in [-0.3, -0.25) is 0 Å². The minimum Gasteiger partial charge on any atom is -0.306 e. The Morgan fingerprint density at radius 2 is 2.05 bits per heavy atom. The van der Waals surface area contributed by atoms with Crippen molar-refractivity contribution in [1.29, 1.82) is 0 Å². The van der Waals surface area contributed by atoms with Crippen molar-refractivity contribution in [2.24, 2.45) is 0 Å². The van der Waals surface area contributed by atoms with Gasteiger partial charge in [-0.25, -0.2) is 0 Å². The van der Waals surface area contributed by atoms with E-state index in [0.717, 1.165) is 10.9 Å². The molecule has 0 amide bonds. The summed E-state index contributed by atoms with van der Waals surface area (Å²) in [5.74, 6) is 0. The molecule has 1 aromatic rings. The first kappa shape index (κ1) is 15.0. The molecule has 1 aromatic carbocycles. The quantitative estimate of drug-likeness (QED) is 0.881. The lowest BCUT2D eigenvalue weighted by molar-refractivity contribution is 0.189. The summed E-state index contributed by atoms with van der Waals surface area (Å²) in [5.41, 5.74) is 1.40. The van der Waals surface area contributed by atoms with Crippen molar-refractivity contribution in [1.82, 2.24) is 10.2 Å². The van der Waals surface area contributed by atoms with E-state index >= 15 is 0 Å². The van der Waals surface area contributed by atoms with E-state index in [-0.39, 0.29) is 0 Å². The highest BCUT2D eigenvalue weighted by atomic mass is 79.9. The maximum absolute atomic E-state index is 3.85. The zero-order chi connectivity index (χ0) is 13.7. The van der Waals surface area contributed by atoms with Crippen LogP contribution in [-0.4, -0.2) is 30.6 Å². The van der Waals surface area contributed by atoms with E-state index < -0.39 is 0 Å². The largest absolute Gasteiger partial charge is 0.306 e. The van der Waals surface area contributed by atoms with Crippen LogP contribution in [0.1, 0.15) is 44.7 Å². The summed E-state index contributed by atoms with van der Waals surface area (Å²) < 4.78 is 1.15. The fraction of sp³-hybridized carbons (Fsp3) is 0.625. The van der Waals surface area contributed by atoms with Crippen molar-refractivity contribution in [3.05, 3.63) is 34.3 Å². The minimum atomic E-state index is 0.481. The lowest BCUT2D eigenvalue weighted by Crippen LogP contribution is -2.46. The van der Waals surface area contributed by atoms with Crippen LogP contribution in [0.2, 0.25) is 0 Å². The molecule has 1 fully saturated rings. The van der Waals surface area contributed by atoms with Crippen molar-refractivity contribution in [3.63, 3.8) is 0 Å². The van der Waals surface area contributed by atoms with Gasteiger partial charge in [-0.1, -0.05) is 41.9 Å². The number of halogens is 1. The van der Waals surface area contributed by atoms with Crippen molar-refractivity contribution >= 4 is 15.9 Å². The topological polar surface area (TPSA) is 15.3 Å². The Morgan fingerprint density at radius 1 is 1.32 bits per heavy atom. The summed E-state index contributed by atoms with van der Waals surface area (Å²) in [5, 5.41) is 3.85. The van der Waals surface area contributed by atoms with Gasteiger partial charge in [0.25, 0.3) is 0 Å². The molecule has 1 heterocycles. The number of likely N-dealkylation sites (N-methyl/N-ethyl adjacent to an activating group) is 1. The van der Waals surface area contributed by atoms with Gasteiger partial charge in [0.1, 0.15) is 0 Å². The Bertz CT molecular complexity index is 377. The van der Waals surface area contributed by atoms with Gasteiger partial charge in [0.15, 0.2) is 0 Å². The highest BCUT2D eigenvalue weighted by molar-refractivity contribution is 9.10. The second-order valence-corrected chi connectivity index (χ2v) is 6.33. The minimum absolute atomic E-state index is 0.481. The number of benzene rings is 1. The van der Waals surface area contributed by atoms with Crippen LogP contribution in [0.3, 0.4) is 0 Å². The molecule has 2 rings (SSSR count). The molecule has 3 heteroatoms. The number of rotatable bonds is 5. The van der Waals surface area contributed by atoms with Gasteiger partial charge in [-0.15, -0.1) is 0 Å². The smallest absolute Gasteiger partial charge is 0.0320 e. The third-order valence-corrected chi connectivity index (χ3v) is 4.60. The van der Waals surface area contributed by atoms with Crippen molar-refractivity contribution in [2.75, 3.05) is 19.6 Å². The summed E-state index contributed by atoms with van der Waals surface area (Å²) in [4.78, 5) is 2.55. The van der Waals surface area contributed by atoms with Crippen LogP contribution >= 0.6 is 15.9 Å². The zero-order valence-corrected chi connectivity index (χ0v) is 13.6. The van der Waals surface area contributed by atoms with E-state index in [1.54, 1.807) is 0 Å². The molecule has 1 aliphatic rings. The molecule has 106 valence electrons. The van der Waals surface area contributed by atoms with Gasteiger partial charge in [0.2, 0.25) is 0 Å². The molecule has 0 saturated carbocycles. The second kappa shape index (κ2) is 7.41.